The summed E-state index contributed by atoms with van der Waals surface area (Å²) < 4.78 is 16.6. The summed E-state index contributed by atoms with van der Waals surface area (Å²) in [5, 5.41) is 39.5. The lowest BCUT2D eigenvalue weighted by molar-refractivity contribution is -0.276. The monoisotopic (exact) mass is 390 g/mol. The van der Waals surface area contributed by atoms with Gasteiger partial charge >= 0.3 is 5.97 Å². The molecule has 0 aliphatic carbocycles. The van der Waals surface area contributed by atoms with Crippen LogP contribution in [0.4, 0.5) is 0 Å². The Kier molecular flexibility index (Phi) is 6.61. The molecule has 0 saturated carbocycles. The first-order chi connectivity index (χ1) is 13.5. The molecule has 1 saturated heterocycles. The number of hydrogen-bond donors (Lipinski definition) is 4. The van der Waals surface area contributed by atoms with E-state index in [4.69, 9.17) is 14.2 Å². The number of carbonyl (C=O) groups excluding carboxylic acids is 1. The third-order valence-corrected chi connectivity index (χ3v) is 4.46. The van der Waals surface area contributed by atoms with Gasteiger partial charge in [0, 0.05) is 5.56 Å². The average Bonchev–Trinajstić information content (AvgIpc) is 2.74. The van der Waals surface area contributed by atoms with E-state index in [1.165, 1.54) is 0 Å². The van der Waals surface area contributed by atoms with Gasteiger partial charge in [-0.2, -0.15) is 0 Å². The van der Waals surface area contributed by atoms with Gasteiger partial charge in [0.05, 0.1) is 18.8 Å². The van der Waals surface area contributed by atoms with Gasteiger partial charge in [-0.15, -0.1) is 0 Å². The lowest BCUT2D eigenvalue weighted by atomic mass is 9.99. The quantitative estimate of drug-likeness (QED) is 0.516. The molecule has 2 aromatic rings. The number of carbonyl (C=O) groups is 1. The minimum atomic E-state index is -1.55. The smallest absolute Gasteiger partial charge is 0.338 e. The third kappa shape index (κ3) is 4.32. The standard InChI is InChI=1S/C20H22O8/c21-10-13-8-4-5-9-14(13)26-20-18(17(24)16(23)15(11-22)27-20)28-19(25)12-6-2-1-3-7-12/h1-9,15-18,20-24H,10-11H2/t15-,16-,17+,18+,20-/m1/s1. The van der Waals surface area contributed by atoms with Crippen LogP contribution in [-0.2, 0) is 16.1 Å². The second kappa shape index (κ2) is 9.13. The molecular formula is C20H22O8. The average molecular weight is 390 g/mol. The molecule has 8 nitrogen and oxygen atoms in total. The van der Waals surface area contributed by atoms with E-state index in [-0.39, 0.29) is 17.9 Å². The summed E-state index contributed by atoms with van der Waals surface area (Å²) >= 11 is 0. The second-order valence-electron chi connectivity index (χ2n) is 6.33. The van der Waals surface area contributed by atoms with Crippen molar-refractivity contribution in [2.75, 3.05) is 6.61 Å². The molecule has 0 amide bonds. The molecule has 0 radical (unpaired) electrons. The third-order valence-electron chi connectivity index (χ3n) is 4.46. The van der Waals surface area contributed by atoms with Crippen LogP contribution in [0.15, 0.2) is 54.6 Å². The van der Waals surface area contributed by atoms with Crippen LogP contribution >= 0.6 is 0 Å². The summed E-state index contributed by atoms with van der Waals surface area (Å²) in [5.41, 5.74) is 0.711. The van der Waals surface area contributed by atoms with Gasteiger partial charge < -0.3 is 34.6 Å². The van der Waals surface area contributed by atoms with Crippen LogP contribution in [0.1, 0.15) is 15.9 Å². The highest BCUT2D eigenvalue weighted by Gasteiger charge is 2.48. The number of para-hydroxylation sites is 1. The molecule has 2 aromatic carbocycles. The Morgan fingerprint density at radius 2 is 1.64 bits per heavy atom. The van der Waals surface area contributed by atoms with Crippen molar-refractivity contribution in [2.45, 2.75) is 37.3 Å². The van der Waals surface area contributed by atoms with Crippen molar-refractivity contribution in [3.8, 4) is 5.75 Å². The Bertz CT molecular complexity index is 781. The number of esters is 1. The van der Waals surface area contributed by atoms with Crippen molar-refractivity contribution in [2.24, 2.45) is 0 Å². The Morgan fingerprint density at radius 3 is 2.32 bits per heavy atom. The minimum absolute atomic E-state index is 0.253. The fraction of sp³-hybridized carbons (Fsp3) is 0.350. The molecule has 1 heterocycles. The maximum atomic E-state index is 12.4. The lowest BCUT2D eigenvalue weighted by Crippen LogP contribution is -2.61. The molecule has 1 fully saturated rings. The molecule has 3 rings (SSSR count). The first-order valence-corrected chi connectivity index (χ1v) is 8.79. The molecule has 1 aliphatic rings. The van der Waals surface area contributed by atoms with E-state index in [1.807, 2.05) is 0 Å². The molecule has 0 bridgehead atoms. The highest BCUT2D eigenvalue weighted by molar-refractivity contribution is 5.89. The number of aliphatic hydroxyl groups excluding tert-OH is 4. The topological polar surface area (TPSA) is 126 Å². The van der Waals surface area contributed by atoms with E-state index in [2.05, 4.69) is 0 Å². The van der Waals surface area contributed by atoms with E-state index < -0.39 is 43.3 Å². The highest BCUT2D eigenvalue weighted by Crippen LogP contribution is 2.28. The second-order valence-corrected chi connectivity index (χ2v) is 6.33. The first-order valence-electron chi connectivity index (χ1n) is 8.79. The normalized spacial score (nSPS) is 27.2. The van der Waals surface area contributed by atoms with E-state index >= 15 is 0 Å². The van der Waals surface area contributed by atoms with Gasteiger partial charge in [-0.25, -0.2) is 4.79 Å². The summed E-state index contributed by atoms with van der Waals surface area (Å²) in [7, 11) is 0. The molecule has 150 valence electrons. The Labute approximate surface area is 161 Å². The van der Waals surface area contributed by atoms with Crippen molar-refractivity contribution >= 4 is 5.97 Å². The molecule has 1 aliphatic heterocycles. The van der Waals surface area contributed by atoms with Gasteiger partial charge in [-0.3, -0.25) is 0 Å². The summed E-state index contributed by atoms with van der Waals surface area (Å²) in [5.74, 6) is -0.469. The van der Waals surface area contributed by atoms with Crippen molar-refractivity contribution in [1.82, 2.24) is 0 Å². The number of hydrogen-bond acceptors (Lipinski definition) is 8. The van der Waals surface area contributed by atoms with Crippen LogP contribution in [0, 0.1) is 0 Å². The summed E-state index contributed by atoms with van der Waals surface area (Å²) in [6.45, 7) is -0.870. The molecule has 4 N–H and O–H groups in total. The molecule has 0 spiro atoms. The van der Waals surface area contributed by atoms with E-state index in [1.54, 1.807) is 54.6 Å². The molecule has 28 heavy (non-hydrogen) atoms. The van der Waals surface area contributed by atoms with Crippen molar-refractivity contribution < 1.29 is 39.4 Å². The largest absolute Gasteiger partial charge is 0.460 e. The summed E-state index contributed by atoms with van der Waals surface area (Å²) in [6.07, 6.45) is -6.84. The summed E-state index contributed by atoms with van der Waals surface area (Å²) in [6, 6.07) is 14.7. The summed E-state index contributed by atoms with van der Waals surface area (Å²) in [4.78, 5) is 12.4. The fourth-order valence-electron chi connectivity index (χ4n) is 2.92. The van der Waals surface area contributed by atoms with Crippen LogP contribution < -0.4 is 4.74 Å². The van der Waals surface area contributed by atoms with Crippen molar-refractivity contribution in [1.29, 1.82) is 0 Å². The molecular weight excluding hydrogens is 368 g/mol. The molecule has 0 aromatic heterocycles. The Hall–Kier alpha value is -2.49. The van der Waals surface area contributed by atoms with Gasteiger partial charge in [0.15, 0.2) is 6.10 Å². The van der Waals surface area contributed by atoms with Crippen LogP contribution in [0.25, 0.3) is 0 Å². The SMILES string of the molecule is O=C(O[C@@H]1[C@H](Oc2ccccc2CO)O[C@H](CO)[C@@H](O)[C@@H]1O)c1ccccc1. The van der Waals surface area contributed by atoms with Crippen LogP contribution in [0.5, 0.6) is 5.75 Å². The zero-order valence-electron chi connectivity index (χ0n) is 14.9. The van der Waals surface area contributed by atoms with Gasteiger partial charge in [-0.1, -0.05) is 36.4 Å². The van der Waals surface area contributed by atoms with Crippen molar-refractivity contribution in [3.05, 3.63) is 65.7 Å². The molecule has 0 unspecified atom stereocenters. The Morgan fingerprint density at radius 1 is 0.964 bits per heavy atom. The molecule has 5 atom stereocenters. The zero-order chi connectivity index (χ0) is 20.1. The van der Waals surface area contributed by atoms with Gasteiger partial charge in [0.2, 0.25) is 6.29 Å². The minimum Gasteiger partial charge on any atom is -0.460 e. The maximum absolute atomic E-state index is 12.4. The predicted molar refractivity (Wildman–Crippen MR) is 96.4 cm³/mol. The van der Waals surface area contributed by atoms with Gasteiger partial charge in [0.25, 0.3) is 0 Å². The molecule has 8 heteroatoms. The first kappa shape index (κ1) is 20.2. The number of aliphatic hydroxyl groups is 4. The van der Waals surface area contributed by atoms with Crippen LogP contribution in [0.2, 0.25) is 0 Å². The zero-order valence-corrected chi connectivity index (χ0v) is 14.9. The van der Waals surface area contributed by atoms with Gasteiger partial charge in [0.1, 0.15) is 24.1 Å². The van der Waals surface area contributed by atoms with E-state index in [0.717, 1.165) is 0 Å². The van der Waals surface area contributed by atoms with E-state index in [0.29, 0.717) is 5.56 Å². The number of benzene rings is 2. The van der Waals surface area contributed by atoms with Crippen molar-refractivity contribution in [3.63, 3.8) is 0 Å². The number of rotatable bonds is 6. The number of ether oxygens (including phenoxy) is 3. The maximum Gasteiger partial charge on any atom is 0.338 e. The highest BCUT2D eigenvalue weighted by atomic mass is 16.7. The van der Waals surface area contributed by atoms with E-state index in [9.17, 15) is 25.2 Å². The van der Waals surface area contributed by atoms with Crippen LogP contribution in [-0.4, -0.2) is 63.7 Å². The Balaban J connectivity index is 1.85. The lowest BCUT2D eigenvalue weighted by Gasteiger charge is -2.41. The van der Waals surface area contributed by atoms with Gasteiger partial charge in [-0.05, 0) is 18.2 Å². The predicted octanol–water partition coefficient (Wildman–Crippen LogP) is 0.222. The fourth-order valence-corrected chi connectivity index (χ4v) is 2.92. The van der Waals surface area contributed by atoms with Crippen LogP contribution in [0.3, 0.4) is 0 Å².